The molecule has 2 amide bonds. The van der Waals surface area contributed by atoms with E-state index in [1.807, 2.05) is 54.6 Å². The van der Waals surface area contributed by atoms with Gasteiger partial charge in [0.1, 0.15) is 6.04 Å². The van der Waals surface area contributed by atoms with E-state index < -0.39 is 24.3 Å². The van der Waals surface area contributed by atoms with Crippen LogP contribution in [0.5, 0.6) is 0 Å². The monoisotopic (exact) mass is 760 g/mol. The largest absolute Gasteiger partial charge is 0.467 e. The molecule has 10 nitrogen and oxygen atoms in total. The van der Waals surface area contributed by atoms with E-state index in [0.717, 1.165) is 58.6 Å². The van der Waals surface area contributed by atoms with Gasteiger partial charge in [-0.3, -0.25) is 4.90 Å². The maximum absolute atomic E-state index is 12.9. The van der Waals surface area contributed by atoms with Crippen molar-refractivity contribution in [3.8, 4) is 11.1 Å². The molecule has 0 bridgehead atoms. The average Bonchev–Trinajstić information content (AvgIpc) is 3.93. The molecule has 56 heavy (non-hydrogen) atoms. The average molecular weight is 761 g/mol. The molecule has 3 N–H and O–H groups in total. The van der Waals surface area contributed by atoms with Crippen LogP contribution in [0.2, 0.25) is 0 Å². The number of carbonyl (C=O) groups is 2. The molecule has 0 aromatic heterocycles. The van der Waals surface area contributed by atoms with Crippen LogP contribution >= 0.6 is 0 Å². The number of rotatable bonds is 14. The molecule has 3 aliphatic heterocycles. The van der Waals surface area contributed by atoms with Crippen LogP contribution in [0.4, 0.5) is 4.79 Å². The molecule has 3 saturated heterocycles. The van der Waals surface area contributed by atoms with Crippen molar-refractivity contribution in [1.29, 1.82) is 0 Å². The van der Waals surface area contributed by atoms with Crippen molar-refractivity contribution in [2.75, 3.05) is 39.8 Å². The van der Waals surface area contributed by atoms with E-state index in [1.165, 1.54) is 45.9 Å². The van der Waals surface area contributed by atoms with Crippen molar-refractivity contribution < 1.29 is 28.9 Å². The third kappa shape index (κ3) is 10.0. The molecule has 6 atom stereocenters. The molecule has 0 saturated carbocycles. The zero-order valence-corrected chi connectivity index (χ0v) is 32.6. The van der Waals surface area contributed by atoms with Crippen molar-refractivity contribution in [3.63, 3.8) is 0 Å². The van der Waals surface area contributed by atoms with Gasteiger partial charge in [-0.15, -0.1) is 0 Å². The van der Waals surface area contributed by atoms with E-state index in [2.05, 4.69) is 75.9 Å². The summed E-state index contributed by atoms with van der Waals surface area (Å²) in [6.45, 7) is 8.09. The van der Waals surface area contributed by atoms with Crippen LogP contribution in [0.25, 0.3) is 11.1 Å². The predicted molar refractivity (Wildman–Crippen MR) is 216 cm³/mol. The number of urea groups is 1. The smallest absolute Gasteiger partial charge is 0.328 e. The number of ether oxygens (including phenoxy) is 3. The maximum atomic E-state index is 12.9. The van der Waals surface area contributed by atoms with Crippen molar-refractivity contribution in [3.05, 3.63) is 131 Å². The minimum atomic E-state index is -0.804. The lowest BCUT2D eigenvalue weighted by Crippen LogP contribution is -2.48. The molecule has 0 unspecified atom stereocenters. The fourth-order valence-corrected chi connectivity index (χ4v) is 8.44. The second-order valence-electron chi connectivity index (χ2n) is 15.5. The van der Waals surface area contributed by atoms with Crippen molar-refractivity contribution in [1.82, 2.24) is 20.4 Å². The van der Waals surface area contributed by atoms with Gasteiger partial charge in [0.25, 0.3) is 0 Å². The molecule has 0 aliphatic carbocycles. The number of nitrogens with zero attached hydrogens (tertiary/aromatic N) is 2. The Kier molecular flexibility index (Phi) is 13.5. The van der Waals surface area contributed by atoms with E-state index in [0.29, 0.717) is 12.5 Å². The molecule has 0 spiro atoms. The SMILES string of the molecule is COC(=O)[C@H](Cc1ccccc1)NC(=O)NCc1cccc(-c2ccc([C@H]3O[C@@H](CN4CCC[C@H]4CN4CCCC4)[C@@H](C)[C@@H](c4ccc(CO)cc4)O3)cc2)c1. The van der Waals surface area contributed by atoms with Gasteiger partial charge in [0.15, 0.2) is 6.29 Å². The molecule has 4 aromatic carbocycles. The first kappa shape index (κ1) is 39.6. The van der Waals surface area contributed by atoms with Gasteiger partial charge in [0.05, 0.1) is 25.9 Å². The number of hydrogen-bond donors (Lipinski definition) is 3. The highest BCUT2D eigenvalue weighted by molar-refractivity contribution is 5.83. The Morgan fingerprint density at radius 1 is 0.804 bits per heavy atom. The van der Waals surface area contributed by atoms with Gasteiger partial charge in [-0.2, -0.15) is 0 Å². The lowest BCUT2D eigenvalue weighted by molar-refractivity contribution is -0.276. The zero-order valence-electron chi connectivity index (χ0n) is 32.6. The van der Waals surface area contributed by atoms with Gasteiger partial charge < -0.3 is 34.9 Å². The topological polar surface area (TPSA) is 113 Å². The van der Waals surface area contributed by atoms with Crippen LogP contribution in [0.3, 0.4) is 0 Å². The third-order valence-corrected chi connectivity index (χ3v) is 11.7. The van der Waals surface area contributed by atoms with Gasteiger partial charge in [0.2, 0.25) is 0 Å². The molecule has 3 heterocycles. The summed E-state index contributed by atoms with van der Waals surface area (Å²) in [4.78, 5) is 30.6. The maximum Gasteiger partial charge on any atom is 0.328 e. The number of aliphatic hydroxyl groups is 1. The summed E-state index contributed by atoms with van der Waals surface area (Å²) < 4.78 is 18.6. The minimum absolute atomic E-state index is 0.0108. The Bertz CT molecular complexity index is 1870. The van der Waals surface area contributed by atoms with Crippen molar-refractivity contribution >= 4 is 12.0 Å². The summed E-state index contributed by atoms with van der Waals surface area (Å²) >= 11 is 0. The Labute approximate surface area is 331 Å². The number of methoxy groups -OCH3 is 1. The zero-order chi connectivity index (χ0) is 38.9. The first-order chi connectivity index (χ1) is 27.4. The van der Waals surface area contributed by atoms with Crippen LogP contribution in [0, 0.1) is 5.92 Å². The van der Waals surface area contributed by atoms with E-state index >= 15 is 0 Å². The van der Waals surface area contributed by atoms with Gasteiger partial charge in [-0.1, -0.05) is 104 Å². The van der Waals surface area contributed by atoms with Gasteiger partial charge in [0, 0.05) is 43.6 Å². The number of carbonyl (C=O) groups excluding carboxylic acids is 2. The molecule has 3 fully saturated rings. The summed E-state index contributed by atoms with van der Waals surface area (Å²) in [5.74, 6) is -0.365. The lowest BCUT2D eigenvalue weighted by atomic mass is 9.89. The standard InChI is InChI=1S/C46H56N4O6/c1-32-42(30-50-25-9-14-40(50)29-49-23-6-7-24-49)55-45(56-43(32)37-17-15-34(31-51)16-18-37)38-21-19-36(20-22-38)39-13-8-12-35(26-39)28-47-46(53)48-41(44(52)54-2)27-33-10-4-3-5-11-33/h3-5,8,10-13,15-22,26,32,40-43,45,51H,6-7,9,14,23-25,27-31H2,1-2H3,(H2,47,48,53)/t32-,40+,41+,42+,43+,45+/m1/s1. The molecule has 10 heteroatoms. The lowest BCUT2D eigenvalue weighted by Gasteiger charge is -2.43. The second-order valence-corrected chi connectivity index (χ2v) is 15.5. The number of aliphatic hydroxyl groups excluding tert-OH is 1. The van der Waals surface area contributed by atoms with E-state index in [9.17, 15) is 14.7 Å². The molecular weight excluding hydrogens is 705 g/mol. The Morgan fingerprint density at radius 3 is 2.27 bits per heavy atom. The number of benzene rings is 4. The van der Waals surface area contributed by atoms with Crippen LogP contribution in [0.15, 0.2) is 103 Å². The molecule has 0 radical (unpaired) electrons. The number of nitrogens with one attached hydrogen (secondary N) is 2. The third-order valence-electron chi connectivity index (χ3n) is 11.7. The first-order valence-corrected chi connectivity index (χ1v) is 20.2. The number of esters is 1. The molecule has 296 valence electrons. The molecule has 3 aliphatic rings. The van der Waals surface area contributed by atoms with Gasteiger partial charge in [-0.05, 0) is 84.8 Å². The van der Waals surface area contributed by atoms with Crippen LogP contribution < -0.4 is 10.6 Å². The summed E-state index contributed by atoms with van der Waals surface area (Å²) in [5.41, 5.74) is 6.84. The van der Waals surface area contributed by atoms with Crippen LogP contribution in [0.1, 0.15) is 72.8 Å². The molecule has 4 aromatic rings. The van der Waals surface area contributed by atoms with Crippen molar-refractivity contribution in [2.24, 2.45) is 5.92 Å². The van der Waals surface area contributed by atoms with Crippen LogP contribution in [-0.4, -0.2) is 84.9 Å². The fourth-order valence-electron chi connectivity index (χ4n) is 8.44. The van der Waals surface area contributed by atoms with Gasteiger partial charge in [-0.25, -0.2) is 9.59 Å². The molecular formula is C46H56N4O6. The summed E-state index contributed by atoms with van der Waals surface area (Å²) in [5, 5.41) is 15.3. The minimum Gasteiger partial charge on any atom is -0.467 e. The van der Waals surface area contributed by atoms with Gasteiger partial charge >= 0.3 is 12.0 Å². The molecule has 7 rings (SSSR count). The first-order valence-electron chi connectivity index (χ1n) is 20.2. The highest BCUT2D eigenvalue weighted by Crippen LogP contribution is 2.42. The highest BCUT2D eigenvalue weighted by Gasteiger charge is 2.41. The normalized spacial score (nSPS) is 23.4. The number of amides is 2. The summed E-state index contributed by atoms with van der Waals surface area (Å²) in [6, 6.07) is 33.4. The van der Waals surface area contributed by atoms with E-state index in [1.54, 1.807) is 0 Å². The Balaban J connectivity index is 1.02. The van der Waals surface area contributed by atoms with Crippen LogP contribution in [-0.2, 0) is 38.6 Å². The second kappa shape index (κ2) is 19.0. The Morgan fingerprint density at radius 2 is 1.54 bits per heavy atom. The predicted octanol–water partition coefficient (Wildman–Crippen LogP) is 6.78. The Hall–Kier alpha value is -4.58. The number of hydrogen-bond acceptors (Lipinski definition) is 8. The number of likely N-dealkylation sites (tertiary alicyclic amines) is 2. The van der Waals surface area contributed by atoms with E-state index in [-0.39, 0.29) is 31.3 Å². The van der Waals surface area contributed by atoms with Crippen molar-refractivity contribution in [2.45, 2.75) is 82.8 Å². The summed E-state index contributed by atoms with van der Waals surface area (Å²) in [7, 11) is 1.32. The highest BCUT2D eigenvalue weighted by atomic mass is 16.7. The van der Waals surface area contributed by atoms with E-state index in [4.69, 9.17) is 14.2 Å². The fraction of sp³-hybridized carbons (Fsp3) is 0.435. The quantitative estimate of drug-likeness (QED) is 0.121. The summed E-state index contributed by atoms with van der Waals surface area (Å²) in [6.07, 6.45) is 4.70.